The summed E-state index contributed by atoms with van der Waals surface area (Å²) in [6.45, 7) is 8.43. The number of hydrogen-bond donors (Lipinski definition) is 0. The fourth-order valence-corrected chi connectivity index (χ4v) is 3.01. The molecule has 3 heteroatoms. The van der Waals surface area contributed by atoms with Gasteiger partial charge in [0.15, 0.2) is 0 Å². The third-order valence-electron chi connectivity index (χ3n) is 4.45. The summed E-state index contributed by atoms with van der Waals surface area (Å²) in [5.74, 6) is 1.73. The number of aryl methyl sites for hydroxylation is 2. The van der Waals surface area contributed by atoms with Crippen molar-refractivity contribution in [1.82, 2.24) is 0 Å². The fourth-order valence-electron chi connectivity index (χ4n) is 3.01. The van der Waals surface area contributed by atoms with Gasteiger partial charge >= 0.3 is 0 Å². The first-order valence-electron chi connectivity index (χ1n) is 8.83. The Balaban J connectivity index is 1.64. The van der Waals surface area contributed by atoms with Crippen LogP contribution in [0, 0.1) is 13.8 Å². The maximum absolute atomic E-state index is 6.19. The highest BCUT2D eigenvalue weighted by atomic mass is 16.6. The Kier molecular flexibility index (Phi) is 5.77. The minimum atomic E-state index is -0.0902. The summed E-state index contributed by atoms with van der Waals surface area (Å²) in [5.41, 5.74) is 2.44. The zero-order valence-electron chi connectivity index (χ0n) is 15.0. The summed E-state index contributed by atoms with van der Waals surface area (Å²) in [6, 6.07) is 16.2. The molecular formula is C22H26O3. The van der Waals surface area contributed by atoms with Crippen molar-refractivity contribution >= 4 is 0 Å². The van der Waals surface area contributed by atoms with Gasteiger partial charge in [-0.25, -0.2) is 0 Å². The van der Waals surface area contributed by atoms with Gasteiger partial charge in [-0.1, -0.05) is 41.5 Å². The van der Waals surface area contributed by atoms with Gasteiger partial charge in [-0.3, -0.25) is 0 Å². The molecule has 0 bridgehead atoms. The normalized spacial score (nSPS) is 22.6. The van der Waals surface area contributed by atoms with Crippen LogP contribution in [0.15, 0.2) is 61.2 Å². The van der Waals surface area contributed by atoms with E-state index in [9.17, 15) is 0 Å². The molecule has 2 aromatic rings. The van der Waals surface area contributed by atoms with E-state index >= 15 is 0 Å². The molecule has 1 aliphatic rings. The largest absolute Gasteiger partial charge is 0.491 e. The van der Waals surface area contributed by atoms with E-state index < -0.39 is 0 Å². The minimum absolute atomic E-state index is 0.0156. The zero-order valence-corrected chi connectivity index (χ0v) is 15.0. The molecule has 3 nitrogen and oxygen atoms in total. The van der Waals surface area contributed by atoms with Gasteiger partial charge in [0.1, 0.15) is 30.3 Å². The molecule has 1 fully saturated rings. The molecule has 0 aromatic heterocycles. The topological polar surface area (TPSA) is 27.7 Å². The van der Waals surface area contributed by atoms with E-state index in [-0.39, 0.29) is 18.3 Å². The predicted octanol–water partition coefficient (Wildman–Crippen LogP) is 4.86. The van der Waals surface area contributed by atoms with Crippen LogP contribution >= 0.6 is 0 Å². The molecule has 3 atom stereocenters. The zero-order chi connectivity index (χ0) is 17.6. The number of ether oxygens (including phenoxy) is 3. The Hall–Kier alpha value is -2.26. The average molecular weight is 338 g/mol. The molecule has 0 spiro atoms. The standard InChI is InChI=1S/C22H26O3/c1-4-5-20-14-21(24-19-12-8-17(3)9-13-19)22(25-20)15-23-18-10-6-16(2)7-11-18/h4,6-13,20-22H,1,5,14-15H2,2-3H3/t20-,21+,22-/m1/s1. The summed E-state index contributed by atoms with van der Waals surface area (Å²) < 4.78 is 18.2. The number of hydrogen-bond acceptors (Lipinski definition) is 3. The van der Waals surface area contributed by atoms with Crippen LogP contribution in [-0.2, 0) is 4.74 Å². The van der Waals surface area contributed by atoms with Crippen LogP contribution in [-0.4, -0.2) is 24.9 Å². The Morgan fingerprint density at radius 3 is 2.20 bits per heavy atom. The van der Waals surface area contributed by atoms with Gasteiger partial charge in [0.25, 0.3) is 0 Å². The van der Waals surface area contributed by atoms with Crippen LogP contribution in [0.5, 0.6) is 11.5 Å². The van der Waals surface area contributed by atoms with Crippen LogP contribution in [0.25, 0.3) is 0 Å². The summed E-state index contributed by atoms with van der Waals surface area (Å²) in [7, 11) is 0. The molecule has 0 radical (unpaired) electrons. The summed E-state index contributed by atoms with van der Waals surface area (Å²) in [6.07, 6.45) is 3.61. The predicted molar refractivity (Wildman–Crippen MR) is 100 cm³/mol. The molecule has 0 amide bonds. The van der Waals surface area contributed by atoms with Crippen molar-refractivity contribution in [2.75, 3.05) is 6.61 Å². The third-order valence-corrected chi connectivity index (χ3v) is 4.45. The Labute approximate surface area is 150 Å². The van der Waals surface area contributed by atoms with Crippen molar-refractivity contribution in [2.45, 2.75) is 45.0 Å². The van der Waals surface area contributed by atoms with Gasteiger partial charge in [0, 0.05) is 6.42 Å². The summed E-state index contributed by atoms with van der Waals surface area (Å²) in [4.78, 5) is 0. The Morgan fingerprint density at radius 1 is 1.00 bits per heavy atom. The smallest absolute Gasteiger partial charge is 0.131 e. The van der Waals surface area contributed by atoms with Gasteiger partial charge in [-0.05, 0) is 44.5 Å². The van der Waals surface area contributed by atoms with Crippen LogP contribution in [0.3, 0.4) is 0 Å². The van der Waals surface area contributed by atoms with Crippen molar-refractivity contribution in [3.05, 3.63) is 72.3 Å². The summed E-state index contributed by atoms with van der Waals surface area (Å²) in [5, 5.41) is 0. The lowest BCUT2D eigenvalue weighted by molar-refractivity contribution is -0.00883. The second-order valence-corrected chi connectivity index (χ2v) is 6.65. The molecular weight excluding hydrogens is 312 g/mol. The van der Waals surface area contributed by atoms with Crippen LogP contribution in [0.4, 0.5) is 0 Å². The van der Waals surface area contributed by atoms with Crippen molar-refractivity contribution in [3.63, 3.8) is 0 Å². The maximum Gasteiger partial charge on any atom is 0.131 e. The van der Waals surface area contributed by atoms with E-state index in [1.54, 1.807) is 0 Å². The van der Waals surface area contributed by atoms with Gasteiger partial charge in [0.05, 0.1) is 6.10 Å². The second kappa shape index (κ2) is 8.21. The van der Waals surface area contributed by atoms with Crippen molar-refractivity contribution in [1.29, 1.82) is 0 Å². The Bertz CT molecular complexity index is 675. The minimum Gasteiger partial charge on any atom is -0.491 e. The monoisotopic (exact) mass is 338 g/mol. The fraction of sp³-hybridized carbons (Fsp3) is 0.364. The van der Waals surface area contributed by atoms with Crippen molar-refractivity contribution in [3.8, 4) is 11.5 Å². The molecule has 1 aliphatic heterocycles. The number of benzene rings is 2. The SMILES string of the molecule is C=CC[C@@H]1C[C@H](Oc2ccc(C)cc2)[C@@H](COc2ccc(C)cc2)O1. The van der Waals surface area contributed by atoms with E-state index in [1.807, 2.05) is 42.5 Å². The second-order valence-electron chi connectivity index (χ2n) is 6.65. The molecule has 132 valence electrons. The molecule has 3 rings (SSSR count). The van der Waals surface area contributed by atoms with Crippen molar-refractivity contribution < 1.29 is 14.2 Å². The van der Waals surface area contributed by atoms with Crippen LogP contribution in [0.1, 0.15) is 24.0 Å². The molecule has 0 saturated carbocycles. The van der Waals surface area contributed by atoms with E-state index in [0.29, 0.717) is 6.61 Å². The van der Waals surface area contributed by atoms with Gasteiger partial charge in [-0.2, -0.15) is 0 Å². The highest BCUT2D eigenvalue weighted by molar-refractivity contribution is 5.27. The lowest BCUT2D eigenvalue weighted by Crippen LogP contribution is -2.32. The van der Waals surface area contributed by atoms with E-state index in [2.05, 4.69) is 32.6 Å². The van der Waals surface area contributed by atoms with E-state index in [0.717, 1.165) is 24.3 Å². The summed E-state index contributed by atoms with van der Waals surface area (Å²) >= 11 is 0. The van der Waals surface area contributed by atoms with E-state index in [1.165, 1.54) is 11.1 Å². The maximum atomic E-state index is 6.19. The van der Waals surface area contributed by atoms with Crippen LogP contribution < -0.4 is 9.47 Å². The molecule has 1 saturated heterocycles. The highest BCUT2D eigenvalue weighted by Crippen LogP contribution is 2.28. The molecule has 1 heterocycles. The molecule has 0 aliphatic carbocycles. The molecule has 25 heavy (non-hydrogen) atoms. The quantitative estimate of drug-likeness (QED) is 0.675. The number of rotatable bonds is 7. The van der Waals surface area contributed by atoms with Gasteiger partial charge in [0.2, 0.25) is 0 Å². The Morgan fingerprint density at radius 2 is 1.60 bits per heavy atom. The first kappa shape index (κ1) is 17.6. The molecule has 2 aromatic carbocycles. The third kappa shape index (κ3) is 4.86. The molecule has 0 unspecified atom stereocenters. The lowest BCUT2D eigenvalue weighted by atomic mass is 10.1. The van der Waals surface area contributed by atoms with E-state index in [4.69, 9.17) is 14.2 Å². The average Bonchev–Trinajstić information content (AvgIpc) is 2.98. The highest BCUT2D eigenvalue weighted by Gasteiger charge is 2.36. The first-order valence-corrected chi connectivity index (χ1v) is 8.83. The van der Waals surface area contributed by atoms with Crippen molar-refractivity contribution in [2.24, 2.45) is 0 Å². The first-order chi connectivity index (χ1) is 12.1. The van der Waals surface area contributed by atoms with Gasteiger partial charge < -0.3 is 14.2 Å². The molecule has 0 N–H and O–H groups in total. The van der Waals surface area contributed by atoms with Gasteiger partial charge in [-0.15, -0.1) is 6.58 Å². The van der Waals surface area contributed by atoms with Crippen LogP contribution in [0.2, 0.25) is 0 Å². The lowest BCUT2D eigenvalue weighted by Gasteiger charge is -2.20.